The molecule has 78 valence electrons. The Morgan fingerprint density at radius 3 is 2.93 bits per heavy atom. The zero-order chi connectivity index (χ0) is 10.6. The van der Waals surface area contributed by atoms with Crippen LogP contribution in [0.15, 0.2) is 16.8 Å². The summed E-state index contributed by atoms with van der Waals surface area (Å²) in [6.07, 6.45) is 0. The van der Waals surface area contributed by atoms with Crippen molar-refractivity contribution >= 4 is 17.4 Å². The first-order valence-corrected chi connectivity index (χ1v) is 5.63. The van der Waals surface area contributed by atoms with E-state index in [1.54, 1.807) is 23.3 Å². The molecule has 0 fully saturated rings. The molecule has 0 aliphatic rings. The molecule has 0 aliphatic heterocycles. The average molecular weight is 212 g/mol. The largest absolute Gasteiger partial charge is 0.331 e. The van der Waals surface area contributed by atoms with E-state index in [0.717, 1.165) is 12.1 Å². The van der Waals surface area contributed by atoms with Crippen LogP contribution in [0.3, 0.4) is 0 Å². The highest BCUT2D eigenvalue weighted by atomic mass is 32.1. The zero-order valence-corrected chi connectivity index (χ0v) is 9.60. The van der Waals surface area contributed by atoms with Crippen molar-refractivity contribution in [2.24, 2.45) is 0 Å². The fourth-order valence-electron chi connectivity index (χ4n) is 1.04. The van der Waals surface area contributed by atoms with Crippen LogP contribution in [0.2, 0.25) is 0 Å². The molecule has 0 bridgehead atoms. The first-order valence-electron chi connectivity index (χ1n) is 4.69. The van der Waals surface area contributed by atoms with Crippen molar-refractivity contribution in [1.82, 2.24) is 10.2 Å². The Bertz CT molecular complexity index is 284. The smallest absolute Gasteiger partial charge is 0.317 e. The Kier molecular flexibility index (Phi) is 3.95. The molecule has 3 nitrogen and oxygen atoms in total. The Hall–Kier alpha value is -1.03. The lowest BCUT2D eigenvalue weighted by atomic mass is 10.2. The molecule has 0 aliphatic carbocycles. The van der Waals surface area contributed by atoms with E-state index in [-0.39, 0.29) is 12.1 Å². The summed E-state index contributed by atoms with van der Waals surface area (Å²) in [6.45, 7) is 4.67. The summed E-state index contributed by atoms with van der Waals surface area (Å²) in [7, 11) is 1.79. The van der Waals surface area contributed by atoms with Gasteiger partial charge >= 0.3 is 6.03 Å². The van der Waals surface area contributed by atoms with Gasteiger partial charge < -0.3 is 10.2 Å². The van der Waals surface area contributed by atoms with E-state index in [1.165, 1.54) is 0 Å². The van der Waals surface area contributed by atoms with Crippen LogP contribution in [-0.4, -0.2) is 24.5 Å². The number of rotatable bonds is 3. The number of amides is 2. The summed E-state index contributed by atoms with van der Waals surface area (Å²) in [5.74, 6) is 0. The molecule has 0 spiro atoms. The van der Waals surface area contributed by atoms with Gasteiger partial charge in [0.1, 0.15) is 0 Å². The highest BCUT2D eigenvalue weighted by Gasteiger charge is 2.11. The Morgan fingerprint density at radius 1 is 1.71 bits per heavy atom. The molecule has 0 aromatic carbocycles. The maximum Gasteiger partial charge on any atom is 0.317 e. The minimum atomic E-state index is -0.0220. The van der Waals surface area contributed by atoms with Crippen LogP contribution in [-0.2, 0) is 0 Å². The second-order valence-corrected chi connectivity index (χ2v) is 4.02. The molecule has 14 heavy (non-hydrogen) atoms. The van der Waals surface area contributed by atoms with Gasteiger partial charge in [0.15, 0.2) is 0 Å². The average Bonchev–Trinajstić information content (AvgIpc) is 2.69. The molecule has 1 rings (SSSR count). The first kappa shape index (κ1) is 11.0. The van der Waals surface area contributed by atoms with Gasteiger partial charge in [-0.25, -0.2) is 4.79 Å². The molecular weight excluding hydrogens is 196 g/mol. The van der Waals surface area contributed by atoms with Gasteiger partial charge in [0.05, 0.1) is 6.04 Å². The van der Waals surface area contributed by atoms with Crippen molar-refractivity contribution in [1.29, 1.82) is 0 Å². The number of carbonyl (C=O) groups excluding carboxylic acids is 1. The quantitative estimate of drug-likeness (QED) is 0.820. The fourth-order valence-corrected chi connectivity index (χ4v) is 1.80. The van der Waals surface area contributed by atoms with Gasteiger partial charge in [-0.3, -0.25) is 0 Å². The number of thiophene rings is 1. The van der Waals surface area contributed by atoms with Crippen LogP contribution < -0.4 is 5.32 Å². The molecule has 0 saturated heterocycles. The maximum absolute atomic E-state index is 11.5. The summed E-state index contributed by atoms with van der Waals surface area (Å²) >= 11 is 1.64. The summed E-state index contributed by atoms with van der Waals surface area (Å²) < 4.78 is 0. The van der Waals surface area contributed by atoms with E-state index in [4.69, 9.17) is 0 Å². The van der Waals surface area contributed by atoms with Crippen molar-refractivity contribution in [2.75, 3.05) is 13.6 Å². The third kappa shape index (κ3) is 2.73. The predicted octanol–water partition coefficient (Wildman–Crippen LogP) is 2.47. The van der Waals surface area contributed by atoms with E-state index < -0.39 is 0 Å². The normalized spacial score (nSPS) is 12.2. The number of hydrogen-bond acceptors (Lipinski definition) is 2. The van der Waals surface area contributed by atoms with Crippen LogP contribution in [0, 0.1) is 0 Å². The van der Waals surface area contributed by atoms with Gasteiger partial charge in [-0.15, -0.1) is 0 Å². The van der Waals surface area contributed by atoms with Gasteiger partial charge in [0.2, 0.25) is 0 Å². The predicted molar refractivity (Wildman–Crippen MR) is 59.6 cm³/mol. The molecule has 4 heteroatoms. The van der Waals surface area contributed by atoms with Gasteiger partial charge in [-0.05, 0) is 36.2 Å². The molecule has 1 aromatic heterocycles. The van der Waals surface area contributed by atoms with E-state index >= 15 is 0 Å². The lowest BCUT2D eigenvalue weighted by Crippen LogP contribution is -2.38. The van der Waals surface area contributed by atoms with Crippen molar-refractivity contribution in [3.63, 3.8) is 0 Å². The maximum atomic E-state index is 11.5. The third-order valence-electron chi connectivity index (χ3n) is 2.20. The van der Waals surface area contributed by atoms with Gasteiger partial charge in [0, 0.05) is 13.6 Å². The molecular formula is C10H16N2OS. The molecule has 2 amide bonds. The Morgan fingerprint density at radius 2 is 2.43 bits per heavy atom. The molecule has 1 aromatic rings. The topological polar surface area (TPSA) is 32.3 Å². The lowest BCUT2D eigenvalue weighted by Gasteiger charge is -2.19. The van der Waals surface area contributed by atoms with Gasteiger partial charge in [-0.1, -0.05) is 0 Å². The van der Waals surface area contributed by atoms with Crippen molar-refractivity contribution in [3.8, 4) is 0 Å². The van der Waals surface area contributed by atoms with E-state index in [9.17, 15) is 4.79 Å². The van der Waals surface area contributed by atoms with Crippen molar-refractivity contribution in [2.45, 2.75) is 19.9 Å². The first-order chi connectivity index (χ1) is 6.65. The number of nitrogens with one attached hydrogen (secondary N) is 1. The van der Waals surface area contributed by atoms with E-state index in [1.807, 2.05) is 25.3 Å². The van der Waals surface area contributed by atoms with Crippen molar-refractivity contribution < 1.29 is 4.79 Å². The highest BCUT2D eigenvalue weighted by Crippen LogP contribution is 2.15. The van der Waals surface area contributed by atoms with Crippen LogP contribution >= 0.6 is 11.3 Å². The zero-order valence-electron chi connectivity index (χ0n) is 8.78. The number of carbonyl (C=O) groups is 1. The van der Waals surface area contributed by atoms with Crippen molar-refractivity contribution in [3.05, 3.63) is 22.4 Å². The Labute approximate surface area is 88.7 Å². The van der Waals surface area contributed by atoms with Crippen LogP contribution in [0.1, 0.15) is 25.5 Å². The Balaban J connectivity index is 2.49. The SMILES string of the molecule is CCN(C)C(=O)NC(C)c1ccsc1. The molecule has 1 heterocycles. The minimum absolute atomic E-state index is 0.0220. The van der Waals surface area contributed by atoms with Crippen LogP contribution in [0.4, 0.5) is 4.79 Å². The van der Waals surface area contributed by atoms with E-state index in [0.29, 0.717) is 0 Å². The van der Waals surface area contributed by atoms with Crippen LogP contribution in [0.5, 0.6) is 0 Å². The molecule has 1 atom stereocenters. The van der Waals surface area contributed by atoms with Gasteiger partial charge in [-0.2, -0.15) is 11.3 Å². The molecule has 0 radical (unpaired) electrons. The van der Waals surface area contributed by atoms with E-state index in [2.05, 4.69) is 10.7 Å². The minimum Gasteiger partial charge on any atom is -0.331 e. The van der Waals surface area contributed by atoms with Crippen LogP contribution in [0.25, 0.3) is 0 Å². The second-order valence-electron chi connectivity index (χ2n) is 3.24. The highest BCUT2D eigenvalue weighted by molar-refractivity contribution is 7.07. The van der Waals surface area contributed by atoms with Gasteiger partial charge in [0.25, 0.3) is 0 Å². The molecule has 0 saturated carbocycles. The third-order valence-corrected chi connectivity index (χ3v) is 2.91. The number of urea groups is 1. The fraction of sp³-hybridized carbons (Fsp3) is 0.500. The number of nitrogens with zero attached hydrogens (tertiary/aromatic N) is 1. The second kappa shape index (κ2) is 5.00. The summed E-state index contributed by atoms with van der Waals surface area (Å²) in [5.41, 5.74) is 1.16. The molecule has 1 N–H and O–H groups in total. The number of hydrogen-bond donors (Lipinski definition) is 1. The summed E-state index contributed by atoms with van der Waals surface area (Å²) in [4.78, 5) is 13.2. The molecule has 1 unspecified atom stereocenters. The standard InChI is InChI=1S/C10H16N2OS/c1-4-12(3)10(13)11-8(2)9-5-6-14-7-9/h5-8H,4H2,1-3H3,(H,11,13). The lowest BCUT2D eigenvalue weighted by molar-refractivity contribution is 0.208. The monoisotopic (exact) mass is 212 g/mol. The summed E-state index contributed by atoms with van der Waals surface area (Å²) in [6, 6.07) is 2.09. The summed E-state index contributed by atoms with van der Waals surface area (Å²) in [5, 5.41) is 6.99.